The number of hydrogen-bond acceptors (Lipinski definition) is 3. The van der Waals surface area contributed by atoms with Gasteiger partial charge in [0.25, 0.3) is 0 Å². The van der Waals surface area contributed by atoms with Crippen molar-refractivity contribution < 1.29 is 18.3 Å². The monoisotopic (exact) mass is 258 g/mol. The first-order valence-electron chi connectivity index (χ1n) is 5.02. The molecule has 92 valence electrons. The van der Waals surface area contributed by atoms with Crippen molar-refractivity contribution in [3.63, 3.8) is 0 Å². The molecule has 17 heavy (non-hydrogen) atoms. The van der Waals surface area contributed by atoms with Crippen LogP contribution in [-0.4, -0.2) is 20.3 Å². The largest absolute Gasteiger partial charge is 0.385 e. The molecule has 1 aromatic heterocycles. The third-order valence-corrected chi connectivity index (χ3v) is 3.59. The Kier molecular flexibility index (Phi) is 3.42. The summed E-state index contributed by atoms with van der Waals surface area (Å²) in [5.41, 5.74) is 0.458. The van der Waals surface area contributed by atoms with Crippen LogP contribution in [0.5, 0.6) is 0 Å². The quantitative estimate of drug-likeness (QED) is 0.829. The first-order chi connectivity index (χ1) is 8.10. The van der Waals surface area contributed by atoms with Crippen LogP contribution in [0.3, 0.4) is 0 Å². The molecular formula is C12H12F2O2S. The Morgan fingerprint density at radius 3 is 2.59 bits per heavy atom. The van der Waals surface area contributed by atoms with Gasteiger partial charge in [0, 0.05) is 24.5 Å². The molecule has 1 heterocycles. The van der Waals surface area contributed by atoms with Crippen LogP contribution in [0, 0.1) is 0 Å². The zero-order chi connectivity index (χ0) is 12.5. The molecule has 0 spiro atoms. The highest BCUT2D eigenvalue weighted by Crippen LogP contribution is 2.40. The van der Waals surface area contributed by atoms with Crippen LogP contribution < -0.4 is 0 Å². The maximum atomic E-state index is 13.6. The van der Waals surface area contributed by atoms with Crippen molar-refractivity contribution in [3.8, 4) is 0 Å². The summed E-state index contributed by atoms with van der Waals surface area (Å²) in [5, 5.41) is 2.47. The van der Waals surface area contributed by atoms with Crippen molar-refractivity contribution in [2.24, 2.45) is 0 Å². The van der Waals surface area contributed by atoms with Gasteiger partial charge in [0.05, 0.1) is 0 Å². The molecule has 1 atom stereocenters. The highest BCUT2D eigenvalue weighted by molar-refractivity contribution is 7.17. The Balaban J connectivity index is 2.51. The molecule has 0 saturated heterocycles. The van der Waals surface area contributed by atoms with Gasteiger partial charge in [0.2, 0.25) is 0 Å². The molecule has 0 saturated carbocycles. The second kappa shape index (κ2) is 4.68. The first kappa shape index (κ1) is 12.4. The number of alkyl halides is 2. The summed E-state index contributed by atoms with van der Waals surface area (Å²) in [6.45, 7) is 0. The molecule has 1 aromatic carbocycles. The summed E-state index contributed by atoms with van der Waals surface area (Å²) in [6, 6.07) is 7.38. The average molecular weight is 258 g/mol. The highest BCUT2D eigenvalue weighted by Gasteiger charge is 2.42. The number of methoxy groups -OCH3 is 2. The van der Waals surface area contributed by atoms with Gasteiger partial charge in [-0.15, -0.1) is 11.3 Å². The average Bonchev–Trinajstić information content (AvgIpc) is 2.74. The van der Waals surface area contributed by atoms with Crippen molar-refractivity contribution in [3.05, 3.63) is 35.2 Å². The summed E-state index contributed by atoms with van der Waals surface area (Å²) in [5.74, 6) is 0. The van der Waals surface area contributed by atoms with E-state index in [2.05, 4.69) is 4.74 Å². The fraction of sp³-hybridized carbons (Fsp3) is 0.333. The minimum atomic E-state index is -3.33. The number of rotatable bonds is 4. The van der Waals surface area contributed by atoms with E-state index in [0.717, 1.165) is 17.2 Å². The van der Waals surface area contributed by atoms with Gasteiger partial charge in [0.15, 0.2) is 6.10 Å². The van der Waals surface area contributed by atoms with E-state index in [-0.39, 0.29) is 0 Å². The van der Waals surface area contributed by atoms with E-state index in [1.54, 1.807) is 11.4 Å². The lowest BCUT2D eigenvalue weighted by molar-refractivity contribution is -0.283. The maximum absolute atomic E-state index is 13.6. The van der Waals surface area contributed by atoms with E-state index in [4.69, 9.17) is 4.74 Å². The Morgan fingerprint density at radius 2 is 1.94 bits per heavy atom. The molecule has 2 aromatic rings. The van der Waals surface area contributed by atoms with E-state index in [0.29, 0.717) is 5.56 Å². The molecule has 5 heteroatoms. The Bertz CT molecular complexity index is 510. The molecular weight excluding hydrogens is 246 g/mol. The minimum Gasteiger partial charge on any atom is -0.368 e. The predicted molar refractivity (Wildman–Crippen MR) is 63.5 cm³/mol. The molecule has 0 fully saturated rings. The number of fused-ring (bicyclic) bond motifs is 1. The SMILES string of the molecule is COC(c1csc2ccccc12)C(F)(F)OC. The van der Waals surface area contributed by atoms with E-state index in [1.165, 1.54) is 18.4 Å². The third-order valence-electron chi connectivity index (χ3n) is 2.61. The van der Waals surface area contributed by atoms with Gasteiger partial charge in [0.1, 0.15) is 0 Å². The molecule has 0 aliphatic carbocycles. The maximum Gasteiger partial charge on any atom is 0.385 e. The van der Waals surface area contributed by atoms with Crippen molar-refractivity contribution in [1.82, 2.24) is 0 Å². The van der Waals surface area contributed by atoms with Gasteiger partial charge >= 0.3 is 6.11 Å². The van der Waals surface area contributed by atoms with Crippen molar-refractivity contribution in [2.75, 3.05) is 14.2 Å². The highest BCUT2D eigenvalue weighted by atomic mass is 32.1. The lowest BCUT2D eigenvalue weighted by Crippen LogP contribution is -2.29. The van der Waals surface area contributed by atoms with Crippen molar-refractivity contribution >= 4 is 21.4 Å². The molecule has 2 rings (SSSR count). The number of hydrogen-bond donors (Lipinski definition) is 0. The van der Waals surface area contributed by atoms with Gasteiger partial charge < -0.3 is 9.47 Å². The zero-order valence-electron chi connectivity index (χ0n) is 9.44. The van der Waals surface area contributed by atoms with E-state index >= 15 is 0 Å². The van der Waals surface area contributed by atoms with Crippen LogP contribution in [0.25, 0.3) is 10.1 Å². The summed E-state index contributed by atoms with van der Waals surface area (Å²) in [4.78, 5) is 0. The Morgan fingerprint density at radius 1 is 1.24 bits per heavy atom. The molecule has 0 aliphatic rings. The van der Waals surface area contributed by atoms with E-state index in [1.807, 2.05) is 18.2 Å². The molecule has 0 N–H and O–H groups in total. The number of halogens is 2. The topological polar surface area (TPSA) is 18.5 Å². The number of thiophene rings is 1. The summed E-state index contributed by atoms with van der Waals surface area (Å²) >= 11 is 1.42. The first-order valence-corrected chi connectivity index (χ1v) is 5.90. The number of ether oxygens (including phenoxy) is 2. The second-order valence-electron chi connectivity index (χ2n) is 3.57. The van der Waals surface area contributed by atoms with Crippen LogP contribution in [-0.2, 0) is 9.47 Å². The van der Waals surface area contributed by atoms with E-state index in [9.17, 15) is 8.78 Å². The van der Waals surface area contributed by atoms with Crippen LogP contribution in [0.15, 0.2) is 29.6 Å². The zero-order valence-corrected chi connectivity index (χ0v) is 10.3. The molecule has 1 unspecified atom stereocenters. The predicted octanol–water partition coefficient (Wildman–Crippen LogP) is 3.83. The fourth-order valence-electron chi connectivity index (χ4n) is 1.75. The van der Waals surface area contributed by atoms with Gasteiger partial charge in [-0.05, 0) is 16.8 Å². The van der Waals surface area contributed by atoms with Crippen LogP contribution in [0.1, 0.15) is 11.7 Å². The summed E-state index contributed by atoms with van der Waals surface area (Å²) in [7, 11) is 2.23. The van der Waals surface area contributed by atoms with Crippen molar-refractivity contribution in [2.45, 2.75) is 12.2 Å². The molecule has 2 nitrogen and oxygen atoms in total. The Hall–Kier alpha value is -1.04. The van der Waals surface area contributed by atoms with Gasteiger partial charge in [-0.1, -0.05) is 18.2 Å². The lowest BCUT2D eigenvalue weighted by Gasteiger charge is -2.23. The molecule has 0 bridgehead atoms. The van der Waals surface area contributed by atoms with Crippen LogP contribution >= 0.6 is 11.3 Å². The van der Waals surface area contributed by atoms with Crippen molar-refractivity contribution in [1.29, 1.82) is 0 Å². The van der Waals surface area contributed by atoms with Crippen LogP contribution in [0.4, 0.5) is 8.78 Å². The summed E-state index contributed by atoms with van der Waals surface area (Å²) in [6.07, 6.45) is -4.72. The second-order valence-corrected chi connectivity index (χ2v) is 4.48. The molecule has 0 aliphatic heterocycles. The van der Waals surface area contributed by atoms with Crippen LogP contribution in [0.2, 0.25) is 0 Å². The van der Waals surface area contributed by atoms with E-state index < -0.39 is 12.2 Å². The number of benzene rings is 1. The summed E-state index contributed by atoms with van der Waals surface area (Å²) < 4.78 is 37.2. The normalized spacial score (nSPS) is 14.1. The smallest absolute Gasteiger partial charge is 0.368 e. The van der Waals surface area contributed by atoms with Gasteiger partial charge in [-0.3, -0.25) is 0 Å². The lowest BCUT2D eigenvalue weighted by atomic mass is 10.1. The Labute approximate surface area is 102 Å². The molecule has 0 radical (unpaired) electrons. The standard InChI is InChI=1S/C12H12F2O2S/c1-15-11(12(13,14)16-2)9-7-17-10-6-4-3-5-8(9)10/h3-7,11H,1-2H3. The third kappa shape index (κ3) is 2.18. The fourth-order valence-corrected chi connectivity index (χ4v) is 2.73. The van der Waals surface area contributed by atoms with Gasteiger partial charge in [-0.2, -0.15) is 8.78 Å². The van der Waals surface area contributed by atoms with Gasteiger partial charge in [-0.25, -0.2) is 0 Å². The molecule has 0 amide bonds. The minimum absolute atomic E-state index is 0.458.